The molecule has 0 amide bonds. The van der Waals surface area contributed by atoms with Crippen molar-refractivity contribution in [3.05, 3.63) is 70.2 Å². The Bertz CT molecular complexity index is 1010. The van der Waals surface area contributed by atoms with Crippen molar-refractivity contribution in [3.8, 4) is 0 Å². The number of ketones is 1. The SMILES string of the molecule is CC(=O)c1c(C)cc(C)c(CN2CCN(Cc3cn4ccccc4n3)CC2)c1C. The first-order valence-corrected chi connectivity index (χ1v) is 10.4. The van der Waals surface area contributed by atoms with Crippen LogP contribution in [0.2, 0.25) is 0 Å². The van der Waals surface area contributed by atoms with Gasteiger partial charge in [-0.15, -0.1) is 0 Å². The molecule has 1 fully saturated rings. The minimum absolute atomic E-state index is 0.165. The van der Waals surface area contributed by atoms with Crippen LogP contribution in [0.15, 0.2) is 36.7 Å². The Balaban J connectivity index is 1.40. The van der Waals surface area contributed by atoms with Crippen LogP contribution in [0.25, 0.3) is 5.65 Å². The number of imidazole rings is 1. The Hall–Kier alpha value is -2.50. The molecule has 0 atom stereocenters. The molecule has 0 spiro atoms. The van der Waals surface area contributed by atoms with E-state index in [-0.39, 0.29) is 5.78 Å². The minimum atomic E-state index is 0.165. The highest BCUT2D eigenvalue weighted by Crippen LogP contribution is 2.25. The van der Waals surface area contributed by atoms with Crippen molar-refractivity contribution >= 4 is 11.4 Å². The fourth-order valence-electron chi connectivity index (χ4n) is 4.63. The number of pyridine rings is 1. The van der Waals surface area contributed by atoms with E-state index in [2.05, 4.69) is 40.3 Å². The Morgan fingerprint density at radius 1 is 1.00 bits per heavy atom. The molecular weight excluding hydrogens is 360 g/mol. The lowest BCUT2D eigenvalue weighted by molar-refractivity contribution is 0.101. The molecule has 1 aliphatic heterocycles. The van der Waals surface area contributed by atoms with Gasteiger partial charge >= 0.3 is 0 Å². The summed E-state index contributed by atoms with van der Waals surface area (Å²) >= 11 is 0. The van der Waals surface area contributed by atoms with Crippen molar-refractivity contribution in [2.75, 3.05) is 26.2 Å². The standard InChI is InChI=1S/C24H30N4O/c1-17-13-18(2)24(20(4)29)19(3)22(17)16-27-11-9-26(10-12-27)14-21-15-28-8-6-5-7-23(28)25-21/h5-8,13,15H,9-12,14,16H2,1-4H3. The first-order chi connectivity index (χ1) is 13.9. The summed E-state index contributed by atoms with van der Waals surface area (Å²) in [5, 5.41) is 0. The summed E-state index contributed by atoms with van der Waals surface area (Å²) in [5.74, 6) is 0.165. The van der Waals surface area contributed by atoms with Gasteiger partial charge in [-0.3, -0.25) is 14.6 Å². The molecule has 5 nitrogen and oxygen atoms in total. The number of hydrogen-bond donors (Lipinski definition) is 0. The fourth-order valence-corrected chi connectivity index (χ4v) is 4.63. The molecule has 1 saturated heterocycles. The maximum atomic E-state index is 12.1. The lowest BCUT2D eigenvalue weighted by Gasteiger charge is -2.35. The van der Waals surface area contributed by atoms with Gasteiger partial charge in [-0.25, -0.2) is 4.98 Å². The molecular formula is C24H30N4O. The molecule has 0 saturated carbocycles. The molecule has 152 valence electrons. The highest BCUT2D eigenvalue weighted by molar-refractivity contribution is 5.97. The number of piperazine rings is 1. The second-order valence-corrected chi connectivity index (χ2v) is 8.30. The Kier molecular flexibility index (Phi) is 5.52. The average Bonchev–Trinajstić information content (AvgIpc) is 3.08. The van der Waals surface area contributed by atoms with E-state index in [9.17, 15) is 4.79 Å². The van der Waals surface area contributed by atoms with Gasteiger partial charge in [0.1, 0.15) is 5.65 Å². The van der Waals surface area contributed by atoms with Gasteiger partial charge in [0.15, 0.2) is 5.78 Å². The molecule has 0 bridgehead atoms. The quantitative estimate of drug-likeness (QED) is 0.622. The van der Waals surface area contributed by atoms with Crippen LogP contribution in [0.3, 0.4) is 0 Å². The Labute approximate surface area is 173 Å². The van der Waals surface area contributed by atoms with E-state index in [4.69, 9.17) is 4.98 Å². The smallest absolute Gasteiger partial charge is 0.160 e. The van der Waals surface area contributed by atoms with E-state index in [1.165, 1.54) is 11.1 Å². The van der Waals surface area contributed by atoms with Gasteiger partial charge in [0.25, 0.3) is 0 Å². The number of aryl methyl sites for hydroxylation is 2. The van der Waals surface area contributed by atoms with Gasteiger partial charge in [-0.05, 0) is 62.1 Å². The normalized spacial score (nSPS) is 15.9. The van der Waals surface area contributed by atoms with Gasteiger partial charge in [0.2, 0.25) is 0 Å². The van der Waals surface area contributed by atoms with Crippen LogP contribution in [0.1, 0.15) is 45.2 Å². The van der Waals surface area contributed by atoms with Gasteiger partial charge in [-0.1, -0.05) is 12.1 Å². The predicted molar refractivity (Wildman–Crippen MR) is 116 cm³/mol. The van der Waals surface area contributed by atoms with Crippen molar-refractivity contribution in [1.82, 2.24) is 19.2 Å². The number of fused-ring (bicyclic) bond motifs is 1. The van der Waals surface area contributed by atoms with E-state index in [1.807, 2.05) is 31.3 Å². The molecule has 0 unspecified atom stereocenters. The van der Waals surface area contributed by atoms with E-state index in [0.717, 1.165) is 67.3 Å². The van der Waals surface area contributed by atoms with Crippen LogP contribution in [-0.2, 0) is 13.1 Å². The van der Waals surface area contributed by atoms with Gasteiger partial charge < -0.3 is 4.40 Å². The number of Topliss-reactive ketones (excluding diaryl/α,β-unsaturated/α-hetero) is 1. The minimum Gasteiger partial charge on any atom is -0.307 e. The summed E-state index contributed by atoms with van der Waals surface area (Å²) in [6.45, 7) is 13.9. The van der Waals surface area contributed by atoms with Gasteiger partial charge in [0.05, 0.1) is 5.69 Å². The first-order valence-electron chi connectivity index (χ1n) is 10.4. The molecule has 0 N–H and O–H groups in total. The predicted octanol–water partition coefficient (Wildman–Crippen LogP) is 3.78. The number of rotatable bonds is 5. The number of hydrogen-bond acceptors (Lipinski definition) is 4. The third-order valence-corrected chi connectivity index (χ3v) is 6.13. The maximum Gasteiger partial charge on any atom is 0.160 e. The van der Waals surface area contributed by atoms with E-state index in [1.54, 1.807) is 6.92 Å². The zero-order chi connectivity index (χ0) is 20.5. The summed E-state index contributed by atoms with van der Waals surface area (Å²) in [4.78, 5) is 21.8. The zero-order valence-corrected chi connectivity index (χ0v) is 17.9. The van der Waals surface area contributed by atoms with E-state index in [0.29, 0.717) is 0 Å². The molecule has 4 rings (SSSR count). The van der Waals surface area contributed by atoms with Crippen LogP contribution in [0.4, 0.5) is 0 Å². The van der Waals surface area contributed by atoms with E-state index >= 15 is 0 Å². The second kappa shape index (κ2) is 8.09. The first kappa shape index (κ1) is 19.8. The van der Waals surface area contributed by atoms with Crippen molar-refractivity contribution in [3.63, 3.8) is 0 Å². The number of carbonyl (C=O) groups excluding carboxylic acids is 1. The summed E-state index contributed by atoms with van der Waals surface area (Å²) in [7, 11) is 0. The van der Waals surface area contributed by atoms with Crippen LogP contribution in [0, 0.1) is 20.8 Å². The van der Waals surface area contributed by atoms with Crippen molar-refractivity contribution in [1.29, 1.82) is 0 Å². The number of nitrogens with zero attached hydrogens (tertiary/aromatic N) is 4. The number of benzene rings is 1. The van der Waals surface area contributed by atoms with Crippen LogP contribution in [0.5, 0.6) is 0 Å². The molecule has 0 aliphatic carbocycles. The lowest BCUT2D eigenvalue weighted by atomic mass is 9.91. The molecule has 2 aromatic heterocycles. The van der Waals surface area contributed by atoms with Crippen LogP contribution < -0.4 is 0 Å². The molecule has 1 aromatic carbocycles. The molecule has 5 heteroatoms. The molecule has 3 heterocycles. The van der Waals surface area contributed by atoms with Crippen molar-refractivity contribution < 1.29 is 4.79 Å². The molecule has 3 aromatic rings. The topological polar surface area (TPSA) is 40.9 Å². The zero-order valence-electron chi connectivity index (χ0n) is 17.9. The average molecular weight is 391 g/mol. The largest absolute Gasteiger partial charge is 0.307 e. The lowest BCUT2D eigenvalue weighted by Crippen LogP contribution is -2.45. The maximum absolute atomic E-state index is 12.1. The van der Waals surface area contributed by atoms with Crippen molar-refractivity contribution in [2.24, 2.45) is 0 Å². The molecule has 0 radical (unpaired) electrons. The third-order valence-electron chi connectivity index (χ3n) is 6.13. The summed E-state index contributed by atoms with van der Waals surface area (Å²) in [5.41, 5.74) is 7.88. The summed E-state index contributed by atoms with van der Waals surface area (Å²) < 4.78 is 2.08. The van der Waals surface area contributed by atoms with E-state index < -0.39 is 0 Å². The van der Waals surface area contributed by atoms with Crippen LogP contribution in [-0.4, -0.2) is 51.1 Å². The van der Waals surface area contributed by atoms with Gasteiger partial charge in [0, 0.05) is 57.2 Å². The highest BCUT2D eigenvalue weighted by Gasteiger charge is 2.21. The fraction of sp³-hybridized carbons (Fsp3) is 0.417. The number of aromatic nitrogens is 2. The summed E-state index contributed by atoms with van der Waals surface area (Å²) in [6.07, 6.45) is 4.18. The molecule has 29 heavy (non-hydrogen) atoms. The highest BCUT2D eigenvalue weighted by atomic mass is 16.1. The number of carbonyl (C=O) groups is 1. The Morgan fingerprint density at radius 3 is 2.34 bits per heavy atom. The van der Waals surface area contributed by atoms with Gasteiger partial charge in [-0.2, -0.15) is 0 Å². The monoisotopic (exact) mass is 390 g/mol. The Morgan fingerprint density at radius 2 is 1.69 bits per heavy atom. The third kappa shape index (κ3) is 4.11. The van der Waals surface area contributed by atoms with Crippen molar-refractivity contribution in [2.45, 2.75) is 40.8 Å². The van der Waals surface area contributed by atoms with Crippen LogP contribution >= 0.6 is 0 Å². The molecule has 1 aliphatic rings. The second-order valence-electron chi connectivity index (χ2n) is 8.30. The summed E-state index contributed by atoms with van der Waals surface area (Å²) in [6, 6.07) is 8.27.